The van der Waals surface area contributed by atoms with Crippen LogP contribution in [0.3, 0.4) is 0 Å². The molecule has 2 aliphatic rings. The first-order chi connectivity index (χ1) is 11.0. The third kappa shape index (κ3) is 2.79. The first kappa shape index (κ1) is 15.2. The molecule has 4 atom stereocenters. The smallest absolute Gasteiger partial charge is 0.208 e. The van der Waals surface area contributed by atoms with Crippen LogP contribution in [0.5, 0.6) is 0 Å². The monoisotopic (exact) mass is 329 g/mol. The Labute approximate surface area is 138 Å². The molecular weight excluding hydrogens is 306 g/mol. The Morgan fingerprint density at radius 1 is 1.04 bits per heavy atom. The summed E-state index contributed by atoms with van der Waals surface area (Å²) in [6.07, 6.45) is 5.10. The van der Waals surface area contributed by atoms with E-state index in [9.17, 15) is 8.42 Å². The first-order valence-corrected chi connectivity index (χ1v) is 10.0. The van der Waals surface area contributed by atoms with Gasteiger partial charge in [0.2, 0.25) is 10.0 Å². The van der Waals surface area contributed by atoms with Gasteiger partial charge in [-0.25, -0.2) is 13.1 Å². The molecule has 2 aliphatic carbocycles. The Bertz CT molecular complexity index is 830. The van der Waals surface area contributed by atoms with Crippen LogP contribution in [0.1, 0.15) is 32.6 Å². The van der Waals surface area contributed by atoms with Crippen LogP contribution in [-0.4, -0.2) is 14.5 Å². The van der Waals surface area contributed by atoms with Crippen LogP contribution in [0.4, 0.5) is 0 Å². The van der Waals surface area contributed by atoms with Gasteiger partial charge in [-0.1, -0.05) is 36.8 Å². The molecule has 2 aromatic carbocycles. The molecule has 2 saturated carbocycles. The summed E-state index contributed by atoms with van der Waals surface area (Å²) in [6, 6.07) is 13.2. The quantitative estimate of drug-likeness (QED) is 0.923. The van der Waals surface area contributed by atoms with E-state index in [4.69, 9.17) is 0 Å². The average molecular weight is 329 g/mol. The Morgan fingerprint density at radius 3 is 2.52 bits per heavy atom. The largest absolute Gasteiger partial charge is 0.240 e. The van der Waals surface area contributed by atoms with Gasteiger partial charge in [-0.2, -0.15) is 0 Å². The van der Waals surface area contributed by atoms with Crippen molar-refractivity contribution in [1.29, 1.82) is 0 Å². The third-order valence-corrected chi connectivity index (χ3v) is 7.36. The molecule has 23 heavy (non-hydrogen) atoms. The number of hydrogen-bond acceptors (Lipinski definition) is 2. The fraction of sp³-hybridized carbons (Fsp3) is 0.474. The molecule has 0 saturated heterocycles. The second-order valence-corrected chi connectivity index (χ2v) is 8.97. The topological polar surface area (TPSA) is 46.2 Å². The molecule has 0 radical (unpaired) electrons. The fourth-order valence-electron chi connectivity index (χ4n) is 4.64. The normalized spacial score (nSPS) is 28.3. The van der Waals surface area contributed by atoms with E-state index in [1.165, 1.54) is 25.7 Å². The highest BCUT2D eigenvalue weighted by Gasteiger charge is 2.42. The van der Waals surface area contributed by atoms with E-state index in [1.54, 1.807) is 12.1 Å². The molecule has 4 heteroatoms. The van der Waals surface area contributed by atoms with E-state index in [2.05, 4.69) is 4.72 Å². The summed E-state index contributed by atoms with van der Waals surface area (Å²) in [6.45, 7) is 2.03. The maximum atomic E-state index is 12.7. The minimum atomic E-state index is -3.46. The molecule has 1 N–H and O–H groups in total. The SMILES string of the molecule is C[C@H](NS(=O)(=O)c1ccc2ccccc2c1)[C@H]1C[C@H]2CC[C@H]1C2. The minimum Gasteiger partial charge on any atom is -0.208 e. The molecule has 122 valence electrons. The second-order valence-electron chi connectivity index (χ2n) is 7.26. The summed E-state index contributed by atoms with van der Waals surface area (Å²) in [5, 5.41) is 2.02. The van der Waals surface area contributed by atoms with Gasteiger partial charge in [-0.05, 0) is 66.8 Å². The van der Waals surface area contributed by atoms with Crippen LogP contribution in [0, 0.1) is 17.8 Å². The maximum absolute atomic E-state index is 12.7. The molecule has 0 aliphatic heterocycles. The third-order valence-electron chi connectivity index (χ3n) is 5.81. The molecule has 0 heterocycles. The van der Waals surface area contributed by atoms with Gasteiger partial charge >= 0.3 is 0 Å². The van der Waals surface area contributed by atoms with Crippen molar-refractivity contribution in [3.63, 3.8) is 0 Å². The Hall–Kier alpha value is -1.39. The van der Waals surface area contributed by atoms with Gasteiger partial charge in [0.25, 0.3) is 0 Å². The van der Waals surface area contributed by atoms with Crippen molar-refractivity contribution in [2.75, 3.05) is 0 Å². The maximum Gasteiger partial charge on any atom is 0.240 e. The molecule has 2 aromatic rings. The van der Waals surface area contributed by atoms with Crippen LogP contribution in [0.25, 0.3) is 10.8 Å². The number of benzene rings is 2. The molecule has 0 unspecified atom stereocenters. The minimum absolute atomic E-state index is 0.0155. The van der Waals surface area contributed by atoms with Crippen LogP contribution in [-0.2, 0) is 10.0 Å². The Kier molecular flexibility index (Phi) is 3.69. The van der Waals surface area contributed by atoms with E-state index >= 15 is 0 Å². The zero-order valence-electron chi connectivity index (χ0n) is 13.4. The van der Waals surface area contributed by atoms with Gasteiger partial charge < -0.3 is 0 Å². The Balaban J connectivity index is 1.56. The van der Waals surface area contributed by atoms with Crippen LogP contribution >= 0.6 is 0 Å². The van der Waals surface area contributed by atoms with E-state index in [0.29, 0.717) is 16.7 Å². The highest BCUT2D eigenvalue weighted by atomic mass is 32.2. The van der Waals surface area contributed by atoms with E-state index < -0.39 is 10.0 Å². The van der Waals surface area contributed by atoms with Crippen molar-refractivity contribution in [2.24, 2.45) is 17.8 Å². The lowest BCUT2D eigenvalue weighted by Gasteiger charge is -2.28. The van der Waals surface area contributed by atoms with E-state index in [0.717, 1.165) is 16.7 Å². The number of nitrogens with one attached hydrogen (secondary N) is 1. The fourth-order valence-corrected chi connectivity index (χ4v) is 5.97. The molecule has 3 nitrogen and oxygen atoms in total. The van der Waals surface area contributed by atoms with Gasteiger partial charge in [0.15, 0.2) is 0 Å². The van der Waals surface area contributed by atoms with Crippen LogP contribution in [0.15, 0.2) is 47.4 Å². The molecule has 4 rings (SSSR count). The van der Waals surface area contributed by atoms with E-state index in [1.807, 2.05) is 37.3 Å². The summed E-state index contributed by atoms with van der Waals surface area (Å²) in [4.78, 5) is 0.367. The van der Waals surface area contributed by atoms with Gasteiger partial charge in [-0.3, -0.25) is 0 Å². The van der Waals surface area contributed by atoms with Gasteiger partial charge in [0, 0.05) is 6.04 Å². The number of fused-ring (bicyclic) bond motifs is 3. The number of rotatable bonds is 4. The van der Waals surface area contributed by atoms with Crippen molar-refractivity contribution in [3.05, 3.63) is 42.5 Å². The second kappa shape index (κ2) is 5.60. The highest BCUT2D eigenvalue weighted by molar-refractivity contribution is 7.89. The lowest BCUT2D eigenvalue weighted by atomic mass is 9.84. The zero-order chi connectivity index (χ0) is 16.0. The summed E-state index contributed by atoms with van der Waals surface area (Å²) in [5.74, 6) is 2.05. The van der Waals surface area contributed by atoms with Gasteiger partial charge in [0.05, 0.1) is 4.90 Å². The first-order valence-electron chi connectivity index (χ1n) is 8.54. The van der Waals surface area contributed by atoms with E-state index in [-0.39, 0.29) is 6.04 Å². The van der Waals surface area contributed by atoms with Gasteiger partial charge in [0.1, 0.15) is 0 Å². The van der Waals surface area contributed by atoms with Crippen LogP contribution < -0.4 is 4.72 Å². The standard InChI is InChI=1S/C19H23NO2S/c1-13(19-11-14-6-7-17(19)10-14)20-23(21,22)18-9-8-15-4-2-3-5-16(15)12-18/h2-5,8-9,12-14,17,19-20H,6-7,10-11H2,1H3/t13-,14-,17-,19+/m0/s1. The molecule has 2 fully saturated rings. The van der Waals surface area contributed by atoms with Crippen molar-refractivity contribution >= 4 is 20.8 Å². The summed E-state index contributed by atoms with van der Waals surface area (Å²) in [7, 11) is -3.46. The Morgan fingerprint density at radius 2 is 1.83 bits per heavy atom. The summed E-state index contributed by atoms with van der Waals surface area (Å²) in [5.41, 5.74) is 0. The molecule has 2 bridgehead atoms. The number of sulfonamides is 1. The van der Waals surface area contributed by atoms with Crippen molar-refractivity contribution < 1.29 is 8.42 Å². The highest BCUT2D eigenvalue weighted by Crippen LogP contribution is 2.49. The van der Waals surface area contributed by atoms with Crippen LogP contribution in [0.2, 0.25) is 0 Å². The average Bonchev–Trinajstić information content (AvgIpc) is 3.17. The number of hydrogen-bond donors (Lipinski definition) is 1. The molecular formula is C19H23NO2S. The molecule has 0 spiro atoms. The summed E-state index contributed by atoms with van der Waals surface area (Å²) >= 11 is 0. The van der Waals surface area contributed by atoms with Crippen molar-refractivity contribution in [2.45, 2.75) is 43.5 Å². The predicted molar refractivity (Wildman–Crippen MR) is 92.7 cm³/mol. The summed E-state index contributed by atoms with van der Waals surface area (Å²) < 4.78 is 28.4. The zero-order valence-corrected chi connectivity index (χ0v) is 14.2. The lowest BCUT2D eigenvalue weighted by molar-refractivity contribution is 0.280. The van der Waals surface area contributed by atoms with Crippen molar-refractivity contribution in [3.8, 4) is 0 Å². The molecule has 0 amide bonds. The van der Waals surface area contributed by atoms with Gasteiger partial charge in [-0.15, -0.1) is 0 Å². The molecule has 0 aromatic heterocycles. The lowest BCUT2D eigenvalue weighted by Crippen LogP contribution is -2.40. The van der Waals surface area contributed by atoms with Crippen molar-refractivity contribution in [1.82, 2.24) is 4.72 Å². The predicted octanol–water partition coefficient (Wildman–Crippen LogP) is 3.94.